The van der Waals surface area contributed by atoms with Crippen LogP contribution in [0.15, 0.2) is 30.3 Å². The van der Waals surface area contributed by atoms with Crippen LogP contribution in [0.4, 0.5) is 10.5 Å². The molecule has 1 unspecified atom stereocenters. The van der Waals surface area contributed by atoms with Crippen molar-refractivity contribution in [1.29, 1.82) is 0 Å². The summed E-state index contributed by atoms with van der Waals surface area (Å²) in [5, 5.41) is 0. The molecule has 130 valence electrons. The van der Waals surface area contributed by atoms with Gasteiger partial charge in [-0.15, -0.1) is 0 Å². The highest BCUT2D eigenvalue weighted by atomic mass is 32.2. The lowest BCUT2D eigenvalue weighted by molar-refractivity contribution is 0.107. The van der Waals surface area contributed by atoms with E-state index >= 15 is 0 Å². The van der Waals surface area contributed by atoms with Crippen LogP contribution in [0.25, 0.3) is 5.57 Å². The number of rotatable bonds is 5. The summed E-state index contributed by atoms with van der Waals surface area (Å²) in [6.07, 6.45) is 3.19. The Morgan fingerprint density at radius 2 is 2.08 bits per heavy atom. The van der Waals surface area contributed by atoms with E-state index in [0.717, 1.165) is 29.9 Å². The van der Waals surface area contributed by atoms with E-state index < -0.39 is 22.3 Å². The van der Waals surface area contributed by atoms with Gasteiger partial charge in [-0.2, -0.15) is 20.2 Å². The number of hydrogen-bond donors (Lipinski definition) is 0. The molecule has 24 heavy (non-hydrogen) atoms. The molecule has 2 aliphatic heterocycles. The zero-order valence-corrected chi connectivity index (χ0v) is 14.9. The van der Waals surface area contributed by atoms with E-state index in [9.17, 15) is 13.2 Å². The molecule has 2 heterocycles. The molecule has 0 aliphatic carbocycles. The second-order valence-electron chi connectivity index (χ2n) is 5.71. The topological polar surface area (TPSA) is 72.9 Å². The highest BCUT2D eigenvalue weighted by Gasteiger charge is 2.33. The van der Waals surface area contributed by atoms with Crippen molar-refractivity contribution in [2.75, 3.05) is 35.8 Å². The average molecular weight is 369 g/mol. The van der Waals surface area contributed by atoms with Crippen LogP contribution in [0.1, 0.15) is 12.0 Å². The SMILES string of the molecule is CS(=O)(=O)OCC1CN(c2ccc(C3=CCSCC3)cc2)C(=O)O1. The van der Waals surface area contributed by atoms with Gasteiger partial charge < -0.3 is 4.74 Å². The quantitative estimate of drug-likeness (QED) is 0.743. The van der Waals surface area contributed by atoms with Crippen molar-refractivity contribution >= 4 is 39.2 Å². The summed E-state index contributed by atoms with van der Waals surface area (Å²) in [6.45, 7) is 0.108. The molecule has 1 saturated heterocycles. The van der Waals surface area contributed by atoms with Gasteiger partial charge in [0.15, 0.2) is 0 Å². The van der Waals surface area contributed by atoms with Crippen molar-refractivity contribution in [3.05, 3.63) is 35.9 Å². The number of thioether (sulfide) groups is 1. The third-order valence-corrected chi connectivity index (χ3v) is 5.31. The molecule has 0 spiro atoms. The van der Waals surface area contributed by atoms with E-state index in [1.165, 1.54) is 16.0 Å². The van der Waals surface area contributed by atoms with Gasteiger partial charge in [-0.3, -0.25) is 9.08 Å². The second kappa shape index (κ2) is 7.16. The number of carbonyl (C=O) groups excluding carboxylic acids is 1. The molecule has 2 aliphatic rings. The summed E-state index contributed by atoms with van der Waals surface area (Å²) in [5.41, 5.74) is 3.24. The highest BCUT2D eigenvalue weighted by Crippen LogP contribution is 2.28. The molecule has 1 aromatic rings. The third-order valence-electron chi connectivity index (χ3n) is 3.86. The van der Waals surface area contributed by atoms with Crippen LogP contribution in [0.2, 0.25) is 0 Å². The molecule has 6 nitrogen and oxygen atoms in total. The van der Waals surface area contributed by atoms with Gasteiger partial charge >= 0.3 is 6.09 Å². The number of anilines is 1. The zero-order chi connectivity index (χ0) is 17.2. The van der Waals surface area contributed by atoms with Crippen LogP contribution < -0.4 is 4.90 Å². The molecule has 0 aromatic heterocycles. The molecule has 3 rings (SSSR count). The summed E-state index contributed by atoms with van der Waals surface area (Å²) >= 11 is 1.92. The first-order valence-electron chi connectivity index (χ1n) is 7.62. The largest absolute Gasteiger partial charge is 0.441 e. The van der Waals surface area contributed by atoms with Gasteiger partial charge in [0.1, 0.15) is 12.7 Å². The van der Waals surface area contributed by atoms with Crippen molar-refractivity contribution in [2.24, 2.45) is 0 Å². The first-order chi connectivity index (χ1) is 11.4. The molecular formula is C16H19NO5S2. The fourth-order valence-electron chi connectivity index (χ4n) is 2.66. The predicted octanol–water partition coefficient (Wildman–Crippen LogP) is 2.51. The summed E-state index contributed by atoms with van der Waals surface area (Å²) < 4.78 is 31.9. The fourth-order valence-corrected chi connectivity index (χ4v) is 3.91. The van der Waals surface area contributed by atoms with Crippen molar-refractivity contribution < 1.29 is 22.1 Å². The molecular weight excluding hydrogens is 350 g/mol. The van der Waals surface area contributed by atoms with Gasteiger partial charge in [-0.05, 0) is 35.4 Å². The monoisotopic (exact) mass is 369 g/mol. The zero-order valence-electron chi connectivity index (χ0n) is 13.3. The fraction of sp³-hybridized carbons (Fsp3) is 0.438. The van der Waals surface area contributed by atoms with E-state index in [4.69, 9.17) is 8.92 Å². The Kier molecular flexibility index (Phi) is 5.17. The van der Waals surface area contributed by atoms with E-state index in [1.54, 1.807) is 0 Å². The number of allylic oxidation sites excluding steroid dienone is 1. The predicted molar refractivity (Wildman–Crippen MR) is 94.8 cm³/mol. The van der Waals surface area contributed by atoms with Gasteiger partial charge in [0, 0.05) is 11.4 Å². The number of ether oxygens (including phenoxy) is 1. The van der Waals surface area contributed by atoms with Crippen molar-refractivity contribution in [1.82, 2.24) is 0 Å². The lowest BCUT2D eigenvalue weighted by Crippen LogP contribution is -2.26. The Labute approximate surface area is 145 Å². The first-order valence-corrected chi connectivity index (χ1v) is 10.6. The van der Waals surface area contributed by atoms with Gasteiger partial charge in [-0.1, -0.05) is 18.2 Å². The van der Waals surface area contributed by atoms with Crippen LogP contribution in [-0.4, -0.2) is 51.5 Å². The standard InChI is InChI=1S/C16H19NO5S2/c1-24(19,20)21-11-15-10-17(16(18)22-15)14-4-2-12(3-5-14)13-6-8-23-9-7-13/h2-6,15H,7-11H2,1H3. The number of carbonyl (C=O) groups is 1. The minimum absolute atomic E-state index is 0.163. The van der Waals surface area contributed by atoms with Crippen molar-refractivity contribution in [3.8, 4) is 0 Å². The molecule has 1 fully saturated rings. The summed E-state index contributed by atoms with van der Waals surface area (Å²) in [6, 6.07) is 7.79. The summed E-state index contributed by atoms with van der Waals surface area (Å²) in [4.78, 5) is 13.5. The minimum atomic E-state index is -3.55. The van der Waals surface area contributed by atoms with E-state index in [1.807, 2.05) is 36.0 Å². The third kappa shape index (κ3) is 4.31. The van der Waals surface area contributed by atoms with Gasteiger partial charge in [0.2, 0.25) is 0 Å². The maximum Gasteiger partial charge on any atom is 0.414 e. The minimum Gasteiger partial charge on any atom is -0.441 e. The van der Waals surface area contributed by atoms with Crippen LogP contribution >= 0.6 is 11.8 Å². The Morgan fingerprint density at radius 3 is 2.71 bits per heavy atom. The second-order valence-corrected chi connectivity index (χ2v) is 8.50. The van der Waals surface area contributed by atoms with Crippen molar-refractivity contribution in [2.45, 2.75) is 12.5 Å². The molecule has 8 heteroatoms. The Balaban J connectivity index is 1.66. The highest BCUT2D eigenvalue weighted by molar-refractivity contribution is 7.99. The lowest BCUT2D eigenvalue weighted by atomic mass is 10.0. The van der Waals surface area contributed by atoms with E-state index in [-0.39, 0.29) is 13.2 Å². The Morgan fingerprint density at radius 1 is 1.33 bits per heavy atom. The normalized spacial score (nSPS) is 21.5. The van der Waals surface area contributed by atoms with Crippen LogP contribution in [0, 0.1) is 0 Å². The van der Waals surface area contributed by atoms with Gasteiger partial charge in [-0.25, -0.2) is 4.79 Å². The van der Waals surface area contributed by atoms with E-state index in [0.29, 0.717) is 0 Å². The Hall–Kier alpha value is -1.51. The average Bonchev–Trinajstić information content (AvgIpc) is 2.94. The number of hydrogen-bond acceptors (Lipinski definition) is 6. The molecule has 0 radical (unpaired) electrons. The summed E-state index contributed by atoms with van der Waals surface area (Å²) in [5.74, 6) is 2.17. The van der Waals surface area contributed by atoms with E-state index in [2.05, 4.69) is 6.08 Å². The van der Waals surface area contributed by atoms with Crippen LogP contribution in [0.5, 0.6) is 0 Å². The number of cyclic esters (lactones) is 1. The number of nitrogens with zero attached hydrogens (tertiary/aromatic N) is 1. The smallest absolute Gasteiger partial charge is 0.414 e. The van der Waals surface area contributed by atoms with Crippen molar-refractivity contribution in [3.63, 3.8) is 0 Å². The molecule has 0 saturated carbocycles. The van der Waals surface area contributed by atoms with Crippen LogP contribution in [-0.2, 0) is 19.0 Å². The number of benzene rings is 1. The molecule has 1 aromatic carbocycles. The lowest BCUT2D eigenvalue weighted by Gasteiger charge is -2.16. The summed E-state index contributed by atoms with van der Waals surface area (Å²) in [7, 11) is -3.55. The van der Waals surface area contributed by atoms with Crippen LogP contribution in [0.3, 0.4) is 0 Å². The molecule has 1 amide bonds. The van der Waals surface area contributed by atoms with Gasteiger partial charge in [0.05, 0.1) is 12.8 Å². The molecule has 0 bridgehead atoms. The maximum atomic E-state index is 12.0. The molecule has 1 atom stereocenters. The number of amides is 1. The first kappa shape index (κ1) is 17.3. The van der Waals surface area contributed by atoms with Gasteiger partial charge in [0.25, 0.3) is 10.1 Å². The molecule has 0 N–H and O–H groups in total. The Bertz CT molecular complexity index is 742. The maximum absolute atomic E-state index is 12.0.